The number of nitrogens with one attached hydrogen (secondary N) is 1. The molecule has 8 nitrogen and oxygen atoms in total. The van der Waals surface area contributed by atoms with E-state index in [0.29, 0.717) is 44.8 Å². The lowest BCUT2D eigenvalue weighted by molar-refractivity contribution is -0.143. The summed E-state index contributed by atoms with van der Waals surface area (Å²) in [4.78, 5) is 30.4. The number of aliphatic hydroxyl groups is 1. The van der Waals surface area contributed by atoms with Gasteiger partial charge in [0.05, 0.1) is 38.4 Å². The van der Waals surface area contributed by atoms with Crippen molar-refractivity contribution in [3.63, 3.8) is 0 Å². The molecule has 2 fully saturated rings. The molecule has 2 aliphatic rings. The van der Waals surface area contributed by atoms with E-state index in [-0.39, 0.29) is 37.0 Å². The van der Waals surface area contributed by atoms with Gasteiger partial charge >= 0.3 is 0 Å². The molecule has 2 aliphatic heterocycles. The average Bonchev–Trinajstić information content (AvgIpc) is 2.70. The number of rotatable bonds is 5. The molecule has 2 saturated heterocycles. The molecule has 0 aliphatic carbocycles. The Balaban J connectivity index is 1.51. The van der Waals surface area contributed by atoms with Crippen molar-refractivity contribution in [2.24, 2.45) is 0 Å². The molecule has 1 aromatic rings. The minimum atomic E-state index is -0.529. The molecule has 0 radical (unpaired) electrons. The molecule has 3 atom stereocenters. The Morgan fingerprint density at radius 1 is 1.27 bits per heavy atom. The zero-order valence-corrected chi connectivity index (χ0v) is 14.7. The first-order valence-electron chi connectivity index (χ1n) is 9.01. The van der Waals surface area contributed by atoms with Crippen LogP contribution in [0, 0.1) is 0 Å². The number of ether oxygens (including phenoxy) is 2. The number of carbonyl (C=O) groups excluding carboxylic acids is 2. The van der Waals surface area contributed by atoms with Gasteiger partial charge in [0.2, 0.25) is 5.91 Å². The van der Waals surface area contributed by atoms with Crippen LogP contribution in [0.5, 0.6) is 0 Å². The molecule has 0 aromatic carbocycles. The van der Waals surface area contributed by atoms with E-state index in [0.717, 1.165) is 0 Å². The van der Waals surface area contributed by atoms with Gasteiger partial charge in [-0.2, -0.15) is 0 Å². The van der Waals surface area contributed by atoms with Crippen LogP contribution in [-0.2, 0) is 14.3 Å². The van der Waals surface area contributed by atoms with Crippen molar-refractivity contribution in [1.29, 1.82) is 0 Å². The highest BCUT2D eigenvalue weighted by atomic mass is 16.5. The van der Waals surface area contributed by atoms with Gasteiger partial charge < -0.3 is 24.8 Å². The number of aliphatic hydroxyl groups excluding tert-OH is 1. The van der Waals surface area contributed by atoms with Crippen molar-refractivity contribution in [2.75, 3.05) is 32.9 Å². The Bertz CT molecular complexity index is 606. The maximum atomic E-state index is 12.4. The minimum absolute atomic E-state index is 0.0472. The molecule has 0 unspecified atom stereocenters. The summed E-state index contributed by atoms with van der Waals surface area (Å²) in [5.41, 5.74) is 0.328. The number of amides is 2. The van der Waals surface area contributed by atoms with Crippen molar-refractivity contribution in [2.45, 2.75) is 37.5 Å². The zero-order valence-electron chi connectivity index (χ0n) is 14.7. The highest BCUT2D eigenvalue weighted by Gasteiger charge is 2.34. The first kappa shape index (κ1) is 18.8. The summed E-state index contributed by atoms with van der Waals surface area (Å²) in [7, 11) is 0. The summed E-state index contributed by atoms with van der Waals surface area (Å²) in [6.45, 7) is 2.14. The van der Waals surface area contributed by atoms with Crippen LogP contribution in [0.3, 0.4) is 0 Å². The normalized spacial score (nSPS) is 26.3. The third-order valence-electron chi connectivity index (χ3n) is 4.78. The topological polar surface area (TPSA) is 101 Å². The summed E-state index contributed by atoms with van der Waals surface area (Å²) >= 11 is 0. The Morgan fingerprint density at radius 2 is 2.08 bits per heavy atom. The van der Waals surface area contributed by atoms with Gasteiger partial charge in [-0.25, -0.2) is 0 Å². The number of carbonyl (C=O) groups is 2. The van der Waals surface area contributed by atoms with Crippen molar-refractivity contribution in [1.82, 2.24) is 15.2 Å². The van der Waals surface area contributed by atoms with Gasteiger partial charge in [0.25, 0.3) is 5.91 Å². The molecular weight excluding hydrogens is 338 g/mol. The number of hydrogen-bond acceptors (Lipinski definition) is 6. The lowest BCUT2D eigenvalue weighted by Crippen LogP contribution is -2.52. The van der Waals surface area contributed by atoms with Crippen LogP contribution in [0.4, 0.5) is 0 Å². The number of nitrogens with zero attached hydrogens (tertiary/aromatic N) is 2. The summed E-state index contributed by atoms with van der Waals surface area (Å²) in [6.07, 6.45) is 2.37. The molecule has 0 saturated carbocycles. The Labute approximate surface area is 152 Å². The second-order valence-corrected chi connectivity index (χ2v) is 6.55. The van der Waals surface area contributed by atoms with E-state index in [1.165, 1.54) is 0 Å². The average molecular weight is 363 g/mol. The Morgan fingerprint density at radius 3 is 2.77 bits per heavy atom. The van der Waals surface area contributed by atoms with Gasteiger partial charge in [-0.3, -0.25) is 14.6 Å². The lowest BCUT2D eigenvalue weighted by Gasteiger charge is -2.37. The molecule has 26 heavy (non-hydrogen) atoms. The lowest BCUT2D eigenvalue weighted by atomic mass is 9.96. The first-order valence-corrected chi connectivity index (χ1v) is 9.01. The van der Waals surface area contributed by atoms with Crippen molar-refractivity contribution >= 4 is 11.8 Å². The van der Waals surface area contributed by atoms with Crippen LogP contribution < -0.4 is 5.32 Å². The fourth-order valence-electron chi connectivity index (χ4n) is 3.32. The summed E-state index contributed by atoms with van der Waals surface area (Å²) < 4.78 is 11.1. The molecule has 142 valence electrons. The van der Waals surface area contributed by atoms with Crippen molar-refractivity contribution in [3.05, 3.63) is 30.1 Å². The summed E-state index contributed by atoms with van der Waals surface area (Å²) in [5.74, 6) is -0.244. The van der Waals surface area contributed by atoms with Crippen molar-refractivity contribution in [3.8, 4) is 0 Å². The van der Waals surface area contributed by atoms with Crippen LogP contribution in [0.15, 0.2) is 24.4 Å². The van der Waals surface area contributed by atoms with E-state index >= 15 is 0 Å². The molecule has 3 rings (SSSR count). The van der Waals surface area contributed by atoms with Crippen molar-refractivity contribution < 1.29 is 24.2 Å². The number of hydrogen-bond donors (Lipinski definition) is 2. The van der Waals surface area contributed by atoms with Gasteiger partial charge in [-0.05, 0) is 25.0 Å². The minimum Gasteiger partial charge on any atom is -0.394 e. The standard InChI is InChI=1S/C18H25N3O5/c22-12-16-14(20-18(24)15-3-1-2-6-19-15)5-4-13(26-16)11-17(23)21-7-9-25-10-8-21/h1-3,6,13-14,16,22H,4-5,7-12H2,(H,20,24)/t13-,14+,16+/m1/s1. The van der Waals surface area contributed by atoms with Crippen LogP contribution >= 0.6 is 0 Å². The summed E-state index contributed by atoms with van der Waals surface area (Å²) in [5, 5.41) is 12.5. The van der Waals surface area contributed by atoms with E-state index in [9.17, 15) is 14.7 Å². The predicted octanol–water partition coefficient (Wildman–Crippen LogP) is -0.0312. The first-order chi connectivity index (χ1) is 12.7. The molecule has 2 amide bonds. The molecule has 8 heteroatoms. The highest BCUT2D eigenvalue weighted by molar-refractivity contribution is 5.92. The van der Waals surface area contributed by atoms with Crippen LogP contribution in [0.2, 0.25) is 0 Å². The quantitative estimate of drug-likeness (QED) is 0.762. The maximum Gasteiger partial charge on any atom is 0.270 e. The molecule has 2 N–H and O–H groups in total. The van der Waals surface area contributed by atoms with E-state index in [1.54, 1.807) is 29.3 Å². The van der Waals surface area contributed by atoms with Gasteiger partial charge in [-0.15, -0.1) is 0 Å². The van der Waals surface area contributed by atoms with E-state index in [1.807, 2.05) is 0 Å². The molecule has 1 aromatic heterocycles. The number of aromatic nitrogens is 1. The maximum absolute atomic E-state index is 12.4. The highest BCUT2D eigenvalue weighted by Crippen LogP contribution is 2.23. The second kappa shape index (κ2) is 9.07. The second-order valence-electron chi connectivity index (χ2n) is 6.55. The molecule has 0 bridgehead atoms. The van der Waals surface area contributed by atoms with Gasteiger partial charge in [0, 0.05) is 19.3 Å². The Hall–Kier alpha value is -2.03. The fraction of sp³-hybridized carbons (Fsp3) is 0.611. The molecular formula is C18H25N3O5. The largest absolute Gasteiger partial charge is 0.394 e. The smallest absolute Gasteiger partial charge is 0.270 e. The third-order valence-corrected chi connectivity index (χ3v) is 4.78. The molecule has 0 spiro atoms. The monoisotopic (exact) mass is 363 g/mol. The van der Waals surface area contributed by atoms with E-state index < -0.39 is 6.10 Å². The SMILES string of the molecule is O=C(N[C@H]1CC[C@H](CC(=O)N2CCOCC2)O[C@H]1CO)c1ccccn1. The number of morpholine rings is 1. The predicted molar refractivity (Wildman–Crippen MR) is 92.5 cm³/mol. The van der Waals surface area contributed by atoms with Crippen LogP contribution in [-0.4, -0.2) is 78.0 Å². The third kappa shape index (κ3) is 4.78. The van der Waals surface area contributed by atoms with E-state index in [2.05, 4.69) is 10.3 Å². The van der Waals surface area contributed by atoms with Crippen LogP contribution in [0.1, 0.15) is 29.8 Å². The Kier molecular flexibility index (Phi) is 6.54. The van der Waals surface area contributed by atoms with Gasteiger partial charge in [0.15, 0.2) is 0 Å². The number of pyridine rings is 1. The van der Waals surface area contributed by atoms with Crippen LogP contribution in [0.25, 0.3) is 0 Å². The van der Waals surface area contributed by atoms with Gasteiger partial charge in [-0.1, -0.05) is 6.07 Å². The molecule has 3 heterocycles. The van der Waals surface area contributed by atoms with Gasteiger partial charge in [0.1, 0.15) is 11.8 Å². The van der Waals surface area contributed by atoms with E-state index in [4.69, 9.17) is 9.47 Å². The zero-order chi connectivity index (χ0) is 18.4. The summed E-state index contributed by atoms with van der Waals surface area (Å²) in [6, 6.07) is 4.82. The fourth-order valence-corrected chi connectivity index (χ4v) is 3.32.